The van der Waals surface area contributed by atoms with Crippen molar-refractivity contribution in [1.29, 1.82) is 0 Å². The lowest BCUT2D eigenvalue weighted by Gasteiger charge is -1.97. The first-order chi connectivity index (χ1) is 6.81. The van der Waals surface area contributed by atoms with E-state index in [1.54, 1.807) is 5.51 Å². The second-order valence-corrected chi connectivity index (χ2v) is 3.48. The van der Waals surface area contributed by atoms with Gasteiger partial charge in [-0.3, -0.25) is 9.09 Å². The lowest BCUT2D eigenvalue weighted by Crippen LogP contribution is -2.15. The van der Waals surface area contributed by atoms with Crippen molar-refractivity contribution in [3.8, 4) is 0 Å². The molecule has 0 aliphatic heterocycles. The van der Waals surface area contributed by atoms with Gasteiger partial charge in [0.25, 0.3) is 0 Å². The van der Waals surface area contributed by atoms with Gasteiger partial charge < -0.3 is 0 Å². The summed E-state index contributed by atoms with van der Waals surface area (Å²) in [4.78, 5) is 15.2. The molecule has 2 aromatic heterocycles. The monoisotopic (exact) mass is 211 g/mol. The average Bonchev–Trinajstić information content (AvgIpc) is 2.77. The fourth-order valence-electron chi connectivity index (χ4n) is 1.22. The van der Waals surface area contributed by atoms with E-state index < -0.39 is 5.76 Å². The number of aromatic nitrogens is 3. The molecule has 5 nitrogen and oxygen atoms in total. The van der Waals surface area contributed by atoms with Crippen LogP contribution in [0.5, 0.6) is 0 Å². The van der Waals surface area contributed by atoms with Gasteiger partial charge in [0.05, 0.1) is 17.6 Å². The number of hydrogen-bond donors (Lipinski definition) is 0. The summed E-state index contributed by atoms with van der Waals surface area (Å²) in [6, 6.07) is 0. The lowest BCUT2D eigenvalue weighted by molar-refractivity contribution is 0.374. The molecule has 2 rings (SSSR count). The van der Waals surface area contributed by atoms with Crippen LogP contribution >= 0.6 is 11.3 Å². The molecule has 2 heterocycles. The minimum atomic E-state index is -0.405. The summed E-state index contributed by atoms with van der Waals surface area (Å²) in [5.74, 6) is 0.223. The van der Waals surface area contributed by atoms with Crippen LogP contribution in [0.4, 0.5) is 0 Å². The molecule has 0 fully saturated rings. The molecule has 0 aliphatic rings. The van der Waals surface area contributed by atoms with Gasteiger partial charge in [0.1, 0.15) is 0 Å². The topological polar surface area (TPSA) is 60.9 Å². The maximum Gasteiger partial charge on any atom is 0.441 e. The largest absolute Gasteiger partial charge is 0.441 e. The van der Waals surface area contributed by atoms with Gasteiger partial charge in [-0.25, -0.2) is 9.78 Å². The minimum Gasteiger partial charge on any atom is -0.296 e. The number of nitrogens with zero attached hydrogens (tertiary/aromatic N) is 3. The van der Waals surface area contributed by atoms with Crippen molar-refractivity contribution in [3.05, 3.63) is 33.0 Å². The van der Waals surface area contributed by atoms with Crippen molar-refractivity contribution in [2.24, 2.45) is 0 Å². The Morgan fingerprint density at radius 2 is 2.50 bits per heavy atom. The Morgan fingerprint density at radius 1 is 1.64 bits per heavy atom. The molecule has 0 saturated carbocycles. The van der Waals surface area contributed by atoms with Crippen molar-refractivity contribution in [2.45, 2.75) is 19.9 Å². The molecule has 0 N–H and O–H groups in total. The van der Waals surface area contributed by atoms with E-state index >= 15 is 0 Å². The zero-order valence-electron chi connectivity index (χ0n) is 7.64. The summed E-state index contributed by atoms with van der Waals surface area (Å²) < 4.78 is 6.07. The van der Waals surface area contributed by atoms with Crippen LogP contribution in [0.15, 0.2) is 20.2 Å². The molecule has 0 radical (unpaired) electrons. The maximum atomic E-state index is 11.1. The van der Waals surface area contributed by atoms with E-state index in [-0.39, 0.29) is 0 Å². The first-order valence-corrected chi connectivity index (χ1v) is 5.18. The Morgan fingerprint density at radius 3 is 3.14 bits per heavy atom. The summed E-state index contributed by atoms with van der Waals surface area (Å²) in [7, 11) is 0. The van der Waals surface area contributed by atoms with Crippen molar-refractivity contribution >= 4 is 11.3 Å². The van der Waals surface area contributed by atoms with Crippen LogP contribution in [0.2, 0.25) is 0 Å². The molecule has 0 aromatic carbocycles. The molecule has 14 heavy (non-hydrogen) atoms. The fraction of sp³-hybridized carbons (Fsp3) is 0.375. The third kappa shape index (κ3) is 1.60. The Balaban J connectivity index is 2.29. The van der Waals surface area contributed by atoms with Gasteiger partial charge in [0.2, 0.25) is 0 Å². The second-order valence-electron chi connectivity index (χ2n) is 2.77. The van der Waals surface area contributed by atoms with Crippen molar-refractivity contribution < 1.29 is 4.52 Å². The highest BCUT2D eigenvalue weighted by Gasteiger charge is 2.09. The maximum absolute atomic E-state index is 11.1. The molecule has 2 aromatic rings. The summed E-state index contributed by atoms with van der Waals surface area (Å²) >= 11 is 1.52. The fourth-order valence-corrected chi connectivity index (χ4v) is 1.78. The Hall–Kier alpha value is -1.43. The van der Waals surface area contributed by atoms with Crippen LogP contribution in [-0.2, 0) is 13.0 Å². The molecular weight excluding hydrogens is 202 g/mol. The summed E-state index contributed by atoms with van der Waals surface area (Å²) in [6.45, 7) is 2.45. The highest BCUT2D eigenvalue weighted by molar-refractivity contribution is 7.07. The SMILES string of the molecule is CCn1c(Cc2cscn2)noc1=O. The molecule has 0 unspecified atom stereocenters. The van der Waals surface area contributed by atoms with Gasteiger partial charge in [-0.1, -0.05) is 5.16 Å². The van der Waals surface area contributed by atoms with Gasteiger partial charge in [-0.2, -0.15) is 0 Å². The van der Waals surface area contributed by atoms with Crippen LogP contribution in [0, 0.1) is 0 Å². The molecule has 6 heteroatoms. The summed E-state index contributed by atoms with van der Waals surface area (Å²) in [5.41, 5.74) is 2.66. The van der Waals surface area contributed by atoms with Gasteiger partial charge in [-0.05, 0) is 6.92 Å². The van der Waals surface area contributed by atoms with Crippen LogP contribution < -0.4 is 5.76 Å². The lowest BCUT2D eigenvalue weighted by atomic mass is 10.3. The Bertz CT molecular complexity index is 457. The zero-order valence-corrected chi connectivity index (χ0v) is 8.45. The number of thiazole rings is 1. The van der Waals surface area contributed by atoms with E-state index in [0.29, 0.717) is 18.8 Å². The summed E-state index contributed by atoms with van der Waals surface area (Å²) in [6.07, 6.45) is 0.545. The van der Waals surface area contributed by atoms with E-state index in [9.17, 15) is 4.79 Å². The van der Waals surface area contributed by atoms with Gasteiger partial charge in [-0.15, -0.1) is 11.3 Å². The molecule has 74 valence electrons. The predicted molar refractivity (Wildman–Crippen MR) is 51.4 cm³/mol. The molecule has 0 spiro atoms. The second kappa shape index (κ2) is 3.75. The smallest absolute Gasteiger partial charge is 0.296 e. The normalized spacial score (nSPS) is 10.6. The standard InChI is InChI=1S/C8H9N3O2S/c1-2-11-7(10-13-8(11)12)3-6-4-14-5-9-6/h4-5H,2-3H2,1H3. The van der Waals surface area contributed by atoms with Gasteiger partial charge >= 0.3 is 5.76 Å². The van der Waals surface area contributed by atoms with Crippen LogP contribution in [0.3, 0.4) is 0 Å². The van der Waals surface area contributed by atoms with Gasteiger partial charge in [0, 0.05) is 11.9 Å². The summed E-state index contributed by atoms with van der Waals surface area (Å²) in [5, 5.41) is 5.63. The van der Waals surface area contributed by atoms with Crippen LogP contribution in [-0.4, -0.2) is 14.7 Å². The van der Waals surface area contributed by atoms with E-state index in [0.717, 1.165) is 5.69 Å². The third-order valence-electron chi connectivity index (χ3n) is 1.90. The van der Waals surface area contributed by atoms with Gasteiger partial charge in [0.15, 0.2) is 5.82 Å². The first-order valence-electron chi connectivity index (χ1n) is 4.23. The van der Waals surface area contributed by atoms with E-state index in [1.165, 1.54) is 15.9 Å². The molecule has 0 aliphatic carbocycles. The molecule has 0 saturated heterocycles. The average molecular weight is 211 g/mol. The molecule has 0 amide bonds. The zero-order chi connectivity index (χ0) is 9.97. The molecular formula is C8H9N3O2S. The minimum absolute atomic E-state index is 0.405. The highest BCUT2D eigenvalue weighted by atomic mass is 32.1. The van der Waals surface area contributed by atoms with E-state index in [4.69, 9.17) is 0 Å². The quantitative estimate of drug-likeness (QED) is 0.756. The number of rotatable bonds is 3. The van der Waals surface area contributed by atoms with E-state index in [2.05, 4.69) is 14.7 Å². The first kappa shape index (κ1) is 9.14. The van der Waals surface area contributed by atoms with E-state index in [1.807, 2.05) is 12.3 Å². The van der Waals surface area contributed by atoms with Crippen LogP contribution in [0.1, 0.15) is 18.4 Å². The number of hydrogen-bond acceptors (Lipinski definition) is 5. The molecule has 0 atom stereocenters. The third-order valence-corrected chi connectivity index (χ3v) is 2.54. The Labute approximate surface area is 84.0 Å². The van der Waals surface area contributed by atoms with Crippen LogP contribution in [0.25, 0.3) is 0 Å². The van der Waals surface area contributed by atoms with Crippen molar-refractivity contribution in [2.75, 3.05) is 0 Å². The molecule has 0 bridgehead atoms. The van der Waals surface area contributed by atoms with Crippen molar-refractivity contribution in [1.82, 2.24) is 14.7 Å². The Kier molecular flexibility index (Phi) is 2.45. The van der Waals surface area contributed by atoms with Crippen molar-refractivity contribution in [3.63, 3.8) is 0 Å². The predicted octanol–water partition coefficient (Wildman–Crippen LogP) is 0.903. The highest BCUT2D eigenvalue weighted by Crippen LogP contribution is 2.06.